The van der Waals surface area contributed by atoms with Crippen molar-refractivity contribution in [2.45, 2.75) is 0 Å². The number of azo groups is 1. The maximum atomic E-state index is 10.7. The molecular weight excluding hydrogens is 281 g/mol. The SMILES string of the molecule is Nc1ccccc1N=Nc1ccc(OP(=O)(O)O)cc1. The lowest BCUT2D eigenvalue weighted by atomic mass is 10.3. The summed E-state index contributed by atoms with van der Waals surface area (Å²) in [5.74, 6) is 0.0523. The van der Waals surface area contributed by atoms with Gasteiger partial charge in [0.15, 0.2) is 0 Å². The van der Waals surface area contributed by atoms with E-state index in [4.69, 9.17) is 15.5 Å². The van der Waals surface area contributed by atoms with Gasteiger partial charge in [0.05, 0.1) is 11.4 Å². The molecule has 0 heterocycles. The molecule has 8 heteroatoms. The van der Waals surface area contributed by atoms with Crippen LogP contribution in [0.4, 0.5) is 17.1 Å². The van der Waals surface area contributed by atoms with Gasteiger partial charge in [-0.2, -0.15) is 5.11 Å². The first-order chi connectivity index (χ1) is 9.44. The highest BCUT2D eigenvalue weighted by atomic mass is 31.2. The number of nitrogens with zero attached hydrogens (tertiary/aromatic N) is 2. The van der Waals surface area contributed by atoms with Crippen LogP contribution < -0.4 is 10.3 Å². The molecule has 0 saturated heterocycles. The minimum absolute atomic E-state index is 0.0523. The first kappa shape index (κ1) is 14.2. The van der Waals surface area contributed by atoms with Gasteiger partial charge in [0.25, 0.3) is 0 Å². The second-order valence-corrected chi connectivity index (χ2v) is 5.00. The summed E-state index contributed by atoms with van der Waals surface area (Å²) in [6, 6.07) is 12.9. The highest BCUT2D eigenvalue weighted by Crippen LogP contribution is 2.38. The monoisotopic (exact) mass is 293 g/mol. The second kappa shape index (κ2) is 5.83. The van der Waals surface area contributed by atoms with Gasteiger partial charge in [0.1, 0.15) is 11.4 Å². The third kappa shape index (κ3) is 4.17. The van der Waals surface area contributed by atoms with E-state index in [1.807, 2.05) is 0 Å². The smallest absolute Gasteiger partial charge is 0.404 e. The Balaban J connectivity index is 2.11. The van der Waals surface area contributed by atoms with Crippen LogP contribution in [-0.2, 0) is 4.57 Å². The molecule has 2 aromatic rings. The quantitative estimate of drug-likeness (QED) is 0.454. The summed E-state index contributed by atoms with van der Waals surface area (Å²) in [5.41, 5.74) is 7.28. The average Bonchev–Trinajstić information content (AvgIpc) is 2.38. The minimum atomic E-state index is -4.54. The Kier molecular flexibility index (Phi) is 4.14. The van der Waals surface area contributed by atoms with Gasteiger partial charge in [0.2, 0.25) is 0 Å². The zero-order chi connectivity index (χ0) is 14.6. The average molecular weight is 293 g/mol. The number of para-hydroxylation sites is 1. The molecule has 0 fully saturated rings. The van der Waals surface area contributed by atoms with Crippen LogP contribution in [-0.4, -0.2) is 9.79 Å². The summed E-state index contributed by atoms with van der Waals surface area (Å²) in [7, 11) is -4.54. The molecule has 7 nitrogen and oxygen atoms in total. The van der Waals surface area contributed by atoms with E-state index in [0.717, 1.165) is 0 Å². The largest absolute Gasteiger partial charge is 0.524 e. The first-order valence-electron chi connectivity index (χ1n) is 5.55. The van der Waals surface area contributed by atoms with Crippen LogP contribution in [0.1, 0.15) is 0 Å². The van der Waals surface area contributed by atoms with Gasteiger partial charge in [-0.1, -0.05) is 12.1 Å². The lowest BCUT2D eigenvalue weighted by Crippen LogP contribution is -1.89. The summed E-state index contributed by atoms with van der Waals surface area (Å²) in [4.78, 5) is 17.3. The molecule has 20 heavy (non-hydrogen) atoms. The van der Waals surface area contributed by atoms with Crippen molar-refractivity contribution in [1.82, 2.24) is 0 Å². The van der Waals surface area contributed by atoms with Gasteiger partial charge in [0, 0.05) is 0 Å². The van der Waals surface area contributed by atoms with Gasteiger partial charge < -0.3 is 10.3 Å². The second-order valence-electron chi connectivity index (χ2n) is 3.83. The van der Waals surface area contributed by atoms with E-state index < -0.39 is 7.82 Å². The van der Waals surface area contributed by atoms with Crippen LogP contribution in [0.5, 0.6) is 5.75 Å². The summed E-state index contributed by atoms with van der Waals surface area (Å²) >= 11 is 0. The van der Waals surface area contributed by atoms with E-state index in [9.17, 15) is 4.57 Å². The Bertz CT molecular complexity index is 667. The summed E-state index contributed by atoms with van der Waals surface area (Å²) < 4.78 is 15.1. The summed E-state index contributed by atoms with van der Waals surface area (Å²) in [6.07, 6.45) is 0. The third-order valence-electron chi connectivity index (χ3n) is 2.27. The fraction of sp³-hybridized carbons (Fsp3) is 0. The molecule has 0 radical (unpaired) electrons. The molecule has 0 saturated carbocycles. The van der Waals surface area contributed by atoms with E-state index in [2.05, 4.69) is 14.8 Å². The maximum Gasteiger partial charge on any atom is 0.524 e. The molecule has 0 bridgehead atoms. The molecule has 0 aliphatic rings. The van der Waals surface area contributed by atoms with Crippen molar-refractivity contribution >= 4 is 24.9 Å². The fourth-order valence-corrected chi connectivity index (χ4v) is 1.80. The van der Waals surface area contributed by atoms with Crippen molar-refractivity contribution < 1.29 is 18.9 Å². The van der Waals surface area contributed by atoms with Gasteiger partial charge in [-0.25, -0.2) is 4.57 Å². The van der Waals surface area contributed by atoms with Gasteiger partial charge in [-0.15, -0.1) is 5.11 Å². The molecule has 0 aliphatic heterocycles. The number of nitrogen functional groups attached to an aromatic ring is 1. The van der Waals surface area contributed by atoms with Crippen LogP contribution in [0.3, 0.4) is 0 Å². The number of anilines is 1. The van der Waals surface area contributed by atoms with E-state index in [1.165, 1.54) is 24.3 Å². The summed E-state index contributed by atoms with van der Waals surface area (Å²) in [5, 5.41) is 7.96. The van der Waals surface area contributed by atoms with Crippen LogP contribution in [0, 0.1) is 0 Å². The van der Waals surface area contributed by atoms with Crippen LogP contribution in [0.2, 0.25) is 0 Å². The number of benzene rings is 2. The third-order valence-corrected chi connectivity index (χ3v) is 2.72. The highest BCUT2D eigenvalue weighted by molar-refractivity contribution is 7.46. The van der Waals surface area contributed by atoms with Gasteiger partial charge in [-0.3, -0.25) is 9.79 Å². The molecule has 0 unspecified atom stereocenters. The number of phosphoric ester groups is 1. The Hall–Kier alpha value is -2.21. The number of hydrogen-bond acceptors (Lipinski definition) is 5. The lowest BCUT2D eigenvalue weighted by Gasteiger charge is -2.05. The molecule has 0 aromatic heterocycles. The standard InChI is InChI=1S/C12H12N3O4P/c13-11-3-1-2-4-12(11)15-14-9-5-7-10(8-6-9)19-20(16,17)18/h1-8H,13H2,(H2,16,17,18). The Labute approximate surface area is 115 Å². The summed E-state index contributed by atoms with van der Waals surface area (Å²) in [6.45, 7) is 0. The lowest BCUT2D eigenvalue weighted by molar-refractivity contribution is 0.283. The number of nitrogens with two attached hydrogens (primary N) is 1. The minimum Gasteiger partial charge on any atom is -0.404 e. The molecular formula is C12H12N3O4P. The van der Waals surface area contributed by atoms with Gasteiger partial charge in [-0.05, 0) is 36.4 Å². The van der Waals surface area contributed by atoms with Crippen molar-refractivity contribution in [3.8, 4) is 5.75 Å². The van der Waals surface area contributed by atoms with E-state index in [1.54, 1.807) is 24.3 Å². The Morgan fingerprint density at radius 1 is 1.00 bits per heavy atom. The topological polar surface area (TPSA) is 118 Å². The van der Waals surface area contributed by atoms with Crippen molar-refractivity contribution in [3.63, 3.8) is 0 Å². The van der Waals surface area contributed by atoms with Crippen LogP contribution >= 0.6 is 7.82 Å². The molecule has 0 spiro atoms. The molecule has 104 valence electrons. The van der Waals surface area contributed by atoms with Crippen molar-refractivity contribution in [3.05, 3.63) is 48.5 Å². The zero-order valence-corrected chi connectivity index (χ0v) is 11.1. The molecule has 0 aliphatic carbocycles. The van der Waals surface area contributed by atoms with Crippen molar-refractivity contribution in [2.75, 3.05) is 5.73 Å². The molecule has 2 rings (SSSR count). The molecule has 2 aromatic carbocycles. The van der Waals surface area contributed by atoms with Crippen LogP contribution in [0.15, 0.2) is 58.8 Å². The predicted octanol–water partition coefficient (Wildman–Crippen LogP) is 3.16. The normalized spacial score (nSPS) is 11.7. The molecule has 0 amide bonds. The predicted molar refractivity (Wildman–Crippen MR) is 74.1 cm³/mol. The van der Waals surface area contributed by atoms with E-state index in [0.29, 0.717) is 17.1 Å². The zero-order valence-electron chi connectivity index (χ0n) is 10.2. The first-order valence-corrected chi connectivity index (χ1v) is 7.08. The number of rotatable bonds is 4. The Morgan fingerprint density at radius 3 is 2.25 bits per heavy atom. The fourth-order valence-electron chi connectivity index (χ4n) is 1.40. The molecule has 0 atom stereocenters. The van der Waals surface area contributed by atoms with Gasteiger partial charge >= 0.3 is 7.82 Å². The van der Waals surface area contributed by atoms with Crippen LogP contribution in [0.25, 0.3) is 0 Å². The maximum absolute atomic E-state index is 10.7. The number of phosphoric acid groups is 1. The van der Waals surface area contributed by atoms with E-state index in [-0.39, 0.29) is 5.75 Å². The molecule has 4 N–H and O–H groups in total. The number of hydrogen-bond donors (Lipinski definition) is 3. The highest BCUT2D eigenvalue weighted by Gasteiger charge is 2.15. The Morgan fingerprint density at radius 2 is 1.65 bits per heavy atom. The van der Waals surface area contributed by atoms with Crippen molar-refractivity contribution in [2.24, 2.45) is 10.2 Å². The van der Waals surface area contributed by atoms with E-state index >= 15 is 0 Å². The van der Waals surface area contributed by atoms with Crippen molar-refractivity contribution in [1.29, 1.82) is 0 Å².